The Morgan fingerprint density at radius 1 is 1.00 bits per heavy atom. The number of pyridine rings is 1. The number of benzene rings is 3. The molecule has 2 heterocycles. The lowest BCUT2D eigenvalue weighted by atomic mass is 10.1. The zero-order chi connectivity index (χ0) is 30.5. The molecule has 0 bridgehead atoms. The van der Waals surface area contributed by atoms with E-state index in [1.807, 2.05) is 41.3 Å². The van der Waals surface area contributed by atoms with Crippen molar-refractivity contribution in [3.63, 3.8) is 0 Å². The van der Waals surface area contributed by atoms with Crippen molar-refractivity contribution < 1.29 is 19.1 Å². The Labute approximate surface area is 255 Å². The SMILES string of the molecule is NCCCCC#Cc1cc2ccc(NC(=O)c3ccc(CN(C(=O)c4ccc5c(c4)OCC(=O)N5)C4CC4)cc3)cc2cn1. The third-order valence-corrected chi connectivity index (χ3v) is 7.63. The van der Waals surface area contributed by atoms with Gasteiger partial charge in [0.2, 0.25) is 0 Å². The summed E-state index contributed by atoms with van der Waals surface area (Å²) in [5.41, 5.74) is 9.44. The van der Waals surface area contributed by atoms with Gasteiger partial charge < -0.3 is 26.0 Å². The largest absolute Gasteiger partial charge is 0.482 e. The fraction of sp³-hybridized carbons (Fsp3) is 0.257. The van der Waals surface area contributed by atoms with Gasteiger partial charge in [0.15, 0.2) is 6.61 Å². The monoisotopic (exact) mass is 587 g/mol. The van der Waals surface area contributed by atoms with Crippen LogP contribution in [0.2, 0.25) is 0 Å². The highest BCUT2D eigenvalue weighted by atomic mass is 16.5. The molecule has 0 spiro atoms. The zero-order valence-electron chi connectivity index (χ0n) is 24.3. The second-order valence-electron chi connectivity index (χ2n) is 11.0. The quantitative estimate of drug-likeness (QED) is 0.185. The molecule has 6 rings (SSSR count). The molecule has 1 aliphatic heterocycles. The van der Waals surface area contributed by atoms with Crippen LogP contribution < -0.4 is 21.1 Å². The van der Waals surface area contributed by atoms with Gasteiger partial charge in [0.05, 0.1) is 5.69 Å². The number of fused-ring (bicyclic) bond motifs is 2. The van der Waals surface area contributed by atoms with Crippen LogP contribution in [-0.2, 0) is 11.3 Å². The number of nitrogens with zero attached hydrogens (tertiary/aromatic N) is 2. The number of hydrogen-bond donors (Lipinski definition) is 3. The summed E-state index contributed by atoms with van der Waals surface area (Å²) in [5, 5.41) is 7.62. The van der Waals surface area contributed by atoms with Crippen LogP contribution in [-0.4, -0.2) is 46.8 Å². The molecule has 1 saturated carbocycles. The van der Waals surface area contributed by atoms with Crippen LogP contribution in [0.25, 0.3) is 10.8 Å². The van der Waals surface area contributed by atoms with Crippen LogP contribution >= 0.6 is 0 Å². The van der Waals surface area contributed by atoms with Crippen molar-refractivity contribution in [3.8, 4) is 17.6 Å². The van der Waals surface area contributed by atoms with E-state index in [1.165, 1.54) is 0 Å². The molecule has 1 fully saturated rings. The van der Waals surface area contributed by atoms with Gasteiger partial charge in [0.1, 0.15) is 11.4 Å². The number of carbonyl (C=O) groups is 3. The minimum absolute atomic E-state index is 0.0675. The van der Waals surface area contributed by atoms with E-state index in [0.717, 1.165) is 54.1 Å². The predicted octanol–water partition coefficient (Wildman–Crippen LogP) is 5.10. The number of unbranched alkanes of at least 4 members (excludes halogenated alkanes) is 2. The van der Waals surface area contributed by atoms with Crippen molar-refractivity contribution >= 4 is 39.9 Å². The Morgan fingerprint density at radius 3 is 2.61 bits per heavy atom. The Morgan fingerprint density at radius 2 is 1.82 bits per heavy atom. The minimum atomic E-state index is -0.222. The van der Waals surface area contributed by atoms with Gasteiger partial charge in [-0.3, -0.25) is 14.4 Å². The first-order valence-corrected chi connectivity index (χ1v) is 14.8. The molecule has 44 heavy (non-hydrogen) atoms. The molecule has 9 nitrogen and oxygen atoms in total. The molecule has 0 saturated heterocycles. The van der Waals surface area contributed by atoms with Gasteiger partial charge in [-0.1, -0.05) is 24.1 Å². The number of aromatic nitrogens is 1. The van der Waals surface area contributed by atoms with E-state index >= 15 is 0 Å². The maximum atomic E-state index is 13.5. The fourth-order valence-electron chi connectivity index (χ4n) is 5.09. The first-order valence-electron chi connectivity index (χ1n) is 14.8. The van der Waals surface area contributed by atoms with Crippen molar-refractivity contribution in [2.75, 3.05) is 23.8 Å². The van der Waals surface area contributed by atoms with E-state index in [1.54, 1.807) is 36.5 Å². The number of nitrogens with two attached hydrogens (primary N) is 1. The Kier molecular flexibility index (Phi) is 8.52. The van der Waals surface area contributed by atoms with E-state index in [9.17, 15) is 14.4 Å². The number of anilines is 2. The summed E-state index contributed by atoms with van der Waals surface area (Å²) in [6.45, 7) is 1.04. The highest BCUT2D eigenvalue weighted by Crippen LogP contribution is 2.33. The number of carbonyl (C=O) groups excluding carboxylic acids is 3. The van der Waals surface area contributed by atoms with Crippen LogP contribution in [0.15, 0.2) is 72.9 Å². The van der Waals surface area contributed by atoms with E-state index in [0.29, 0.717) is 41.3 Å². The highest BCUT2D eigenvalue weighted by molar-refractivity contribution is 6.05. The van der Waals surface area contributed by atoms with E-state index in [2.05, 4.69) is 27.5 Å². The maximum absolute atomic E-state index is 13.5. The van der Waals surface area contributed by atoms with Crippen LogP contribution in [0, 0.1) is 11.8 Å². The molecule has 222 valence electrons. The molecule has 0 radical (unpaired) electrons. The van der Waals surface area contributed by atoms with E-state index in [-0.39, 0.29) is 30.4 Å². The molecular weight excluding hydrogens is 554 g/mol. The summed E-state index contributed by atoms with van der Waals surface area (Å²) < 4.78 is 5.50. The highest BCUT2D eigenvalue weighted by Gasteiger charge is 2.33. The topological polar surface area (TPSA) is 127 Å². The molecule has 0 unspecified atom stereocenters. The predicted molar refractivity (Wildman–Crippen MR) is 169 cm³/mol. The third kappa shape index (κ3) is 6.88. The Bertz CT molecular complexity index is 1790. The molecule has 4 N–H and O–H groups in total. The molecule has 2 aliphatic rings. The van der Waals surface area contributed by atoms with Gasteiger partial charge in [0, 0.05) is 47.4 Å². The van der Waals surface area contributed by atoms with Gasteiger partial charge in [-0.25, -0.2) is 4.98 Å². The van der Waals surface area contributed by atoms with Crippen molar-refractivity contribution in [1.82, 2.24) is 9.88 Å². The second-order valence-corrected chi connectivity index (χ2v) is 11.0. The average molecular weight is 588 g/mol. The second kappa shape index (κ2) is 13.0. The fourth-order valence-corrected chi connectivity index (χ4v) is 5.09. The molecule has 1 aliphatic carbocycles. The zero-order valence-corrected chi connectivity index (χ0v) is 24.3. The lowest BCUT2D eigenvalue weighted by Gasteiger charge is -2.24. The third-order valence-electron chi connectivity index (χ3n) is 7.63. The number of rotatable bonds is 9. The Balaban J connectivity index is 1.08. The van der Waals surface area contributed by atoms with Crippen molar-refractivity contribution in [3.05, 3.63) is 95.3 Å². The number of amides is 3. The van der Waals surface area contributed by atoms with Gasteiger partial charge in [-0.2, -0.15) is 0 Å². The number of hydrogen-bond acceptors (Lipinski definition) is 6. The summed E-state index contributed by atoms with van der Waals surface area (Å²) in [6.07, 6.45) is 6.43. The average Bonchev–Trinajstić information content (AvgIpc) is 3.89. The van der Waals surface area contributed by atoms with Crippen molar-refractivity contribution in [2.45, 2.75) is 44.7 Å². The van der Waals surface area contributed by atoms with E-state index < -0.39 is 0 Å². The van der Waals surface area contributed by atoms with Crippen LogP contribution in [0.5, 0.6) is 5.75 Å². The first kappa shape index (κ1) is 28.9. The van der Waals surface area contributed by atoms with Crippen LogP contribution in [0.1, 0.15) is 64.1 Å². The van der Waals surface area contributed by atoms with Crippen LogP contribution in [0.3, 0.4) is 0 Å². The molecular formula is C35H33N5O4. The van der Waals surface area contributed by atoms with E-state index in [4.69, 9.17) is 10.5 Å². The molecule has 4 aromatic rings. The standard InChI is InChI=1S/C35H33N5O4/c36-16-4-2-1-3-5-28-17-25-10-12-29(18-27(25)20-37-28)38-34(42)24-8-6-23(7-9-24)21-40(30-13-14-30)35(43)26-11-15-31-32(19-26)44-22-33(41)39-31/h6-12,15,17-20,30H,1-2,4,13-14,16,21-22,36H2,(H,38,42)(H,39,41). The maximum Gasteiger partial charge on any atom is 0.262 e. The molecule has 3 aromatic carbocycles. The minimum Gasteiger partial charge on any atom is -0.482 e. The lowest BCUT2D eigenvalue weighted by Crippen LogP contribution is -2.33. The summed E-state index contributed by atoms with van der Waals surface area (Å²) >= 11 is 0. The summed E-state index contributed by atoms with van der Waals surface area (Å²) in [6, 6.07) is 20.2. The first-order chi connectivity index (χ1) is 21.5. The smallest absolute Gasteiger partial charge is 0.262 e. The van der Waals surface area contributed by atoms with Gasteiger partial charge >= 0.3 is 0 Å². The molecule has 0 atom stereocenters. The number of ether oxygens (including phenoxy) is 1. The molecule has 1 aromatic heterocycles. The summed E-state index contributed by atoms with van der Waals surface area (Å²) in [5.74, 6) is 6.21. The van der Waals surface area contributed by atoms with Crippen molar-refractivity contribution in [2.24, 2.45) is 5.73 Å². The lowest BCUT2D eigenvalue weighted by molar-refractivity contribution is -0.118. The Hall–Kier alpha value is -5.20. The van der Waals surface area contributed by atoms with Gasteiger partial charge in [-0.15, -0.1) is 0 Å². The normalized spacial score (nSPS) is 13.6. The van der Waals surface area contributed by atoms with Gasteiger partial charge in [-0.05, 0) is 97.6 Å². The summed E-state index contributed by atoms with van der Waals surface area (Å²) in [4.78, 5) is 44.4. The molecule has 3 amide bonds. The van der Waals surface area contributed by atoms with Gasteiger partial charge in [0.25, 0.3) is 17.7 Å². The van der Waals surface area contributed by atoms with Crippen LogP contribution in [0.4, 0.5) is 11.4 Å². The summed E-state index contributed by atoms with van der Waals surface area (Å²) in [7, 11) is 0. The number of nitrogens with one attached hydrogen (secondary N) is 2. The molecule has 9 heteroatoms. The van der Waals surface area contributed by atoms with Crippen molar-refractivity contribution in [1.29, 1.82) is 0 Å².